The van der Waals surface area contributed by atoms with Crippen molar-refractivity contribution in [2.75, 3.05) is 54.8 Å². The first-order chi connectivity index (χ1) is 22.6. The van der Waals surface area contributed by atoms with Gasteiger partial charge in [-0.2, -0.15) is 4.98 Å². The van der Waals surface area contributed by atoms with Crippen LogP contribution in [0.5, 0.6) is 0 Å². The van der Waals surface area contributed by atoms with Crippen molar-refractivity contribution in [3.63, 3.8) is 0 Å². The molecule has 0 atom stereocenters. The second-order valence-corrected chi connectivity index (χ2v) is 13.4. The number of anilines is 3. The topological polar surface area (TPSA) is 76.6 Å². The molecule has 3 aliphatic rings. The first-order valence-corrected chi connectivity index (χ1v) is 17.2. The lowest BCUT2D eigenvalue weighted by Crippen LogP contribution is -2.44. The third kappa shape index (κ3) is 7.34. The van der Waals surface area contributed by atoms with Crippen LogP contribution in [0.25, 0.3) is 10.9 Å². The van der Waals surface area contributed by atoms with Gasteiger partial charge in [0.15, 0.2) is 0 Å². The average Bonchev–Trinajstić information content (AvgIpc) is 3.64. The van der Waals surface area contributed by atoms with Gasteiger partial charge in [0.1, 0.15) is 5.82 Å². The minimum Gasteiger partial charge on any atom is -0.365 e. The predicted octanol–water partition coefficient (Wildman–Crippen LogP) is 6.47. The van der Waals surface area contributed by atoms with Gasteiger partial charge in [-0.1, -0.05) is 48.5 Å². The van der Waals surface area contributed by atoms with E-state index in [1.54, 1.807) is 0 Å². The zero-order valence-electron chi connectivity index (χ0n) is 27.1. The minimum absolute atomic E-state index is 0.0586. The van der Waals surface area contributed by atoms with Gasteiger partial charge >= 0.3 is 0 Å². The van der Waals surface area contributed by atoms with Crippen molar-refractivity contribution >= 4 is 34.3 Å². The Morgan fingerprint density at radius 3 is 2.28 bits per heavy atom. The summed E-state index contributed by atoms with van der Waals surface area (Å²) in [6.07, 6.45) is 6.82. The van der Waals surface area contributed by atoms with Crippen molar-refractivity contribution in [1.82, 2.24) is 19.8 Å². The molecule has 3 fully saturated rings. The molecule has 3 aliphatic heterocycles. The number of fused-ring (bicyclic) bond motifs is 1. The molecule has 0 spiro atoms. The van der Waals surface area contributed by atoms with Gasteiger partial charge in [-0.15, -0.1) is 0 Å². The summed E-state index contributed by atoms with van der Waals surface area (Å²) < 4.78 is 0. The molecule has 1 aromatic heterocycles. The van der Waals surface area contributed by atoms with E-state index < -0.39 is 0 Å². The molecule has 1 amide bonds. The predicted molar refractivity (Wildman–Crippen MR) is 187 cm³/mol. The molecule has 8 heteroatoms. The van der Waals surface area contributed by atoms with Gasteiger partial charge in [-0.3, -0.25) is 9.69 Å². The molecule has 0 radical (unpaired) electrons. The van der Waals surface area contributed by atoms with Crippen molar-refractivity contribution in [2.45, 2.75) is 64.6 Å². The van der Waals surface area contributed by atoms with Crippen LogP contribution in [0.3, 0.4) is 0 Å². The number of hydrogen-bond donors (Lipinski definition) is 2. The number of piperidine rings is 2. The van der Waals surface area contributed by atoms with Crippen LogP contribution >= 0.6 is 0 Å². The summed E-state index contributed by atoms with van der Waals surface area (Å²) in [5.74, 6) is 1.88. The van der Waals surface area contributed by atoms with E-state index in [4.69, 9.17) is 9.97 Å². The van der Waals surface area contributed by atoms with E-state index in [1.807, 2.05) is 12.1 Å². The summed E-state index contributed by atoms with van der Waals surface area (Å²) >= 11 is 0. The van der Waals surface area contributed by atoms with Crippen LogP contribution < -0.4 is 15.5 Å². The van der Waals surface area contributed by atoms with E-state index in [-0.39, 0.29) is 11.8 Å². The van der Waals surface area contributed by atoms with Crippen LogP contribution in [0.1, 0.15) is 55.2 Å². The van der Waals surface area contributed by atoms with Gasteiger partial charge in [0, 0.05) is 49.2 Å². The van der Waals surface area contributed by atoms with Crippen LogP contribution in [-0.2, 0) is 17.9 Å². The number of benzene rings is 3. The molecular weight excluding hydrogens is 570 g/mol. The number of aromatic nitrogens is 2. The van der Waals surface area contributed by atoms with Gasteiger partial charge < -0.3 is 20.4 Å². The normalized spacial score (nSPS) is 18.7. The highest BCUT2D eigenvalue weighted by Gasteiger charge is 2.28. The van der Waals surface area contributed by atoms with E-state index in [0.29, 0.717) is 12.6 Å². The number of likely N-dealkylation sites (tertiary alicyclic amines) is 2. The second kappa shape index (κ2) is 14.2. The van der Waals surface area contributed by atoms with Gasteiger partial charge in [0.2, 0.25) is 11.9 Å². The maximum absolute atomic E-state index is 13.1. The lowest BCUT2D eigenvalue weighted by molar-refractivity contribution is -0.121. The highest BCUT2D eigenvalue weighted by Crippen LogP contribution is 2.29. The highest BCUT2D eigenvalue weighted by atomic mass is 16.1. The number of nitrogens with one attached hydrogen (secondary N) is 2. The summed E-state index contributed by atoms with van der Waals surface area (Å²) in [7, 11) is 0. The van der Waals surface area contributed by atoms with Crippen molar-refractivity contribution in [3.05, 3.63) is 89.5 Å². The van der Waals surface area contributed by atoms with Crippen LogP contribution in [0.4, 0.5) is 17.5 Å². The fourth-order valence-corrected chi connectivity index (χ4v) is 7.37. The van der Waals surface area contributed by atoms with Gasteiger partial charge in [0.05, 0.1) is 5.52 Å². The molecule has 46 heavy (non-hydrogen) atoms. The Morgan fingerprint density at radius 2 is 1.54 bits per heavy atom. The molecular formula is C38H47N7O. The minimum atomic E-state index is 0.0586. The van der Waals surface area contributed by atoms with E-state index >= 15 is 0 Å². The summed E-state index contributed by atoms with van der Waals surface area (Å²) in [6, 6.07) is 25.9. The fourth-order valence-electron chi connectivity index (χ4n) is 7.37. The van der Waals surface area contributed by atoms with Crippen LogP contribution in [0.15, 0.2) is 72.8 Å². The SMILES string of the molecule is Cc1ccc2c(NCc3ccc(NC(=O)C4CCN(Cc5ccccc5)CC4)cc3)nc(N3CCC(N4CCCC4)CC3)nc2c1. The number of carbonyl (C=O) groups excluding carboxylic acids is 1. The first-order valence-electron chi connectivity index (χ1n) is 17.2. The Labute approximate surface area is 273 Å². The molecule has 7 rings (SSSR count). The number of carbonyl (C=O) groups is 1. The first kappa shape index (κ1) is 30.6. The Balaban J connectivity index is 0.945. The van der Waals surface area contributed by atoms with Gasteiger partial charge in [0.25, 0.3) is 0 Å². The monoisotopic (exact) mass is 617 g/mol. The largest absolute Gasteiger partial charge is 0.365 e. The summed E-state index contributed by atoms with van der Waals surface area (Å²) in [5, 5.41) is 7.82. The Bertz CT molecular complexity index is 1600. The number of rotatable bonds is 9. The molecule has 0 aliphatic carbocycles. The Morgan fingerprint density at radius 1 is 0.804 bits per heavy atom. The molecule has 0 bridgehead atoms. The maximum Gasteiger partial charge on any atom is 0.227 e. The third-order valence-electron chi connectivity index (χ3n) is 10.1. The van der Waals surface area contributed by atoms with Crippen LogP contribution in [0, 0.1) is 12.8 Å². The summed E-state index contributed by atoms with van der Waals surface area (Å²) in [4.78, 5) is 30.6. The number of nitrogens with zero attached hydrogens (tertiary/aromatic N) is 5. The van der Waals surface area contributed by atoms with E-state index in [9.17, 15) is 4.79 Å². The Hall–Kier alpha value is -4.01. The molecule has 240 valence electrons. The van der Waals surface area contributed by atoms with Crippen LogP contribution in [-0.4, -0.2) is 71.0 Å². The van der Waals surface area contributed by atoms with Crippen molar-refractivity contribution < 1.29 is 4.79 Å². The summed E-state index contributed by atoms with van der Waals surface area (Å²) in [5.41, 5.74) is 5.50. The molecule has 4 heterocycles. The molecule has 0 saturated carbocycles. The summed E-state index contributed by atoms with van der Waals surface area (Å²) in [6.45, 7) is 10.1. The van der Waals surface area contributed by atoms with E-state index in [2.05, 4.69) is 92.9 Å². The standard InChI is InChI=1S/C38H47N7O/c1-28-9-14-34-35(25-28)41-38(45-23-17-33(18-24-45)44-19-5-6-20-44)42-36(34)39-26-29-10-12-32(13-11-29)40-37(46)31-15-21-43(22-16-31)27-30-7-3-2-4-8-30/h2-4,7-14,25,31,33H,5-6,15-24,26-27H2,1H3,(H,40,46)(H,39,41,42). The number of amides is 1. The highest BCUT2D eigenvalue weighted by molar-refractivity contribution is 5.93. The molecule has 3 aromatic carbocycles. The molecule has 3 saturated heterocycles. The molecule has 0 unspecified atom stereocenters. The molecule has 4 aromatic rings. The van der Waals surface area contributed by atoms with Gasteiger partial charge in [-0.25, -0.2) is 4.98 Å². The average molecular weight is 618 g/mol. The molecule has 8 nitrogen and oxygen atoms in total. The fraction of sp³-hybridized carbons (Fsp3) is 0.447. The maximum atomic E-state index is 13.1. The quantitative estimate of drug-likeness (QED) is 0.223. The zero-order valence-corrected chi connectivity index (χ0v) is 27.1. The third-order valence-corrected chi connectivity index (χ3v) is 10.1. The Kier molecular flexibility index (Phi) is 9.44. The second-order valence-electron chi connectivity index (χ2n) is 13.4. The van der Waals surface area contributed by atoms with Crippen molar-refractivity contribution in [1.29, 1.82) is 0 Å². The lowest BCUT2D eigenvalue weighted by atomic mass is 9.95. The van der Waals surface area contributed by atoms with Gasteiger partial charge in [-0.05, 0) is 113 Å². The van der Waals surface area contributed by atoms with E-state index in [0.717, 1.165) is 79.5 Å². The number of hydrogen-bond acceptors (Lipinski definition) is 7. The molecule has 2 N–H and O–H groups in total. The van der Waals surface area contributed by atoms with Crippen LogP contribution in [0.2, 0.25) is 0 Å². The number of aryl methyl sites for hydroxylation is 1. The van der Waals surface area contributed by atoms with Crippen molar-refractivity contribution in [3.8, 4) is 0 Å². The smallest absolute Gasteiger partial charge is 0.227 e. The van der Waals surface area contributed by atoms with E-state index in [1.165, 1.54) is 49.9 Å². The zero-order chi connectivity index (χ0) is 31.3. The van der Waals surface area contributed by atoms with Crippen molar-refractivity contribution in [2.24, 2.45) is 5.92 Å². The lowest BCUT2D eigenvalue weighted by Gasteiger charge is -2.36.